The summed E-state index contributed by atoms with van der Waals surface area (Å²) < 4.78 is 5.94. The lowest BCUT2D eigenvalue weighted by atomic mass is 9.48. The normalized spacial score (nSPS) is 42.1. The minimum Gasteiger partial charge on any atom is -1.00 e. The van der Waals surface area contributed by atoms with Gasteiger partial charge in [-0.2, -0.15) is 0 Å². The van der Waals surface area contributed by atoms with Crippen LogP contribution in [-0.2, 0) is 14.3 Å². The lowest BCUT2D eigenvalue weighted by molar-refractivity contribution is -0.886. The van der Waals surface area contributed by atoms with Crippen LogP contribution in [0.2, 0.25) is 0 Å². The highest BCUT2D eigenvalue weighted by molar-refractivity contribution is 5.87. The molecule has 0 spiro atoms. The number of carbonyl (C=O) groups excluding carboxylic acids is 2. The predicted molar refractivity (Wildman–Crippen MR) is 116 cm³/mol. The first-order valence-electron chi connectivity index (χ1n) is 12.7. The lowest BCUT2D eigenvalue weighted by Crippen LogP contribution is -3.10. The Kier molecular flexibility index (Phi) is 6.63. The van der Waals surface area contributed by atoms with Crippen molar-refractivity contribution in [1.29, 1.82) is 0 Å². The highest BCUT2D eigenvalue weighted by atomic mass is 35.5. The van der Waals surface area contributed by atoms with Gasteiger partial charge in [0.1, 0.15) is 11.9 Å². The number of quaternary nitrogens is 1. The van der Waals surface area contributed by atoms with Crippen LogP contribution >= 0.6 is 0 Å². The second kappa shape index (κ2) is 8.82. The summed E-state index contributed by atoms with van der Waals surface area (Å²) in [5, 5.41) is 0. The van der Waals surface area contributed by atoms with Gasteiger partial charge in [-0.05, 0) is 61.7 Å². The molecule has 6 atom stereocenters. The number of fused-ring (bicyclic) bond motifs is 5. The molecule has 1 heterocycles. The van der Waals surface area contributed by atoms with Gasteiger partial charge in [0, 0.05) is 31.1 Å². The largest absolute Gasteiger partial charge is 1.00 e. The predicted octanol–water partition coefficient (Wildman–Crippen LogP) is 0.503. The van der Waals surface area contributed by atoms with Crippen molar-refractivity contribution in [1.82, 2.24) is 0 Å². The first-order chi connectivity index (χ1) is 14.4. The summed E-state index contributed by atoms with van der Waals surface area (Å²) in [4.78, 5) is 26.6. The van der Waals surface area contributed by atoms with Crippen LogP contribution < -0.4 is 17.3 Å². The van der Waals surface area contributed by atoms with Crippen molar-refractivity contribution < 1.29 is 31.6 Å². The molecule has 4 fully saturated rings. The third kappa shape index (κ3) is 4.01. The topological polar surface area (TPSA) is 47.8 Å². The van der Waals surface area contributed by atoms with Gasteiger partial charge < -0.3 is 22.0 Å². The van der Waals surface area contributed by atoms with Gasteiger partial charge in [-0.1, -0.05) is 25.5 Å². The van der Waals surface area contributed by atoms with Crippen LogP contribution in [0.3, 0.4) is 0 Å². The van der Waals surface area contributed by atoms with E-state index in [4.69, 9.17) is 4.74 Å². The first-order valence-corrected chi connectivity index (χ1v) is 12.7. The maximum Gasteiger partial charge on any atom is 0.311 e. The Labute approximate surface area is 193 Å². The Hall–Kier alpha value is -0.870. The molecule has 0 aromatic carbocycles. The van der Waals surface area contributed by atoms with E-state index in [9.17, 15) is 9.59 Å². The first kappa shape index (κ1) is 23.3. The molecule has 0 aromatic heterocycles. The van der Waals surface area contributed by atoms with Gasteiger partial charge in [-0.25, -0.2) is 0 Å². The number of esters is 1. The fourth-order valence-electron chi connectivity index (χ4n) is 8.15. The van der Waals surface area contributed by atoms with E-state index in [1.807, 2.05) is 0 Å². The number of rotatable bonds is 4. The molecule has 5 aliphatic rings. The smallest absolute Gasteiger partial charge is 0.311 e. The quantitative estimate of drug-likeness (QED) is 0.502. The molecule has 0 radical (unpaired) electrons. The van der Waals surface area contributed by atoms with E-state index in [2.05, 4.69) is 19.9 Å². The number of halogens is 1. The third-order valence-electron chi connectivity index (χ3n) is 10.1. The second-order valence-electron chi connectivity index (χ2n) is 11.5. The van der Waals surface area contributed by atoms with Crippen LogP contribution in [0.5, 0.6) is 0 Å². The summed E-state index contributed by atoms with van der Waals surface area (Å²) >= 11 is 0. The average molecular weight is 450 g/mol. The van der Waals surface area contributed by atoms with Gasteiger partial charge in [0.25, 0.3) is 0 Å². The Balaban J connectivity index is 0.00000231. The van der Waals surface area contributed by atoms with Crippen LogP contribution in [0.4, 0.5) is 0 Å². The standard InChI is InChI=1S/C26H39NO3.ClH/c1-25-12-9-19(30-24(29)11-16-27-14-3-4-15-27)17-18(25)5-6-20-21-7-8-23(28)26(21,2)13-10-22(20)25;/h5,19-22H,3-4,6-17H2,1-2H3;1H. The second-order valence-corrected chi connectivity index (χ2v) is 11.5. The maximum atomic E-state index is 12.6. The van der Waals surface area contributed by atoms with Gasteiger partial charge >= 0.3 is 5.97 Å². The van der Waals surface area contributed by atoms with Crippen molar-refractivity contribution in [2.45, 2.75) is 90.6 Å². The number of likely N-dealkylation sites (tertiary alicyclic amines) is 1. The highest BCUT2D eigenvalue weighted by Gasteiger charge is 2.58. The number of Topliss-reactive ketones (excluding diaryl/α,β-unsaturated/α-hetero) is 1. The zero-order valence-electron chi connectivity index (χ0n) is 19.4. The molecule has 0 bridgehead atoms. The summed E-state index contributed by atoms with van der Waals surface area (Å²) in [5.74, 6) is 2.50. The van der Waals surface area contributed by atoms with E-state index in [-0.39, 0.29) is 35.3 Å². The number of ether oxygens (including phenoxy) is 1. The SMILES string of the molecule is CC12CCC3C(CC=C4CC(OC(=O)CC[NH+]5CCCC5)CCC43C)C1CCC2=O.[Cl-]. The molecule has 5 heteroatoms. The zero-order valence-corrected chi connectivity index (χ0v) is 20.1. The minimum absolute atomic E-state index is 0. The fourth-order valence-corrected chi connectivity index (χ4v) is 8.15. The van der Waals surface area contributed by atoms with Crippen molar-refractivity contribution in [3.05, 3.63) is 11.6 Å². The molecule has 1 aliphatic heterocycles. The Morgan fingerprint density at radius 3 is 2.58 bits per heavy atom. The third-order valence-corrected chi connectivity index (χ3v) is 10.1. The summed E-state index contributed by atoms with van der Waals surface area (Å²) in [6.45, 7) is 8.11. The number of hydrogen-bond donors (Lipinski definition) is 1. The van der Waals surface area contributed by atoms with Crippen LogP contribution in [-0.4, -0.2) is 37.5 Å². The van der Waals surface area contributed by atoms with Crippen molar-refractivity contribution >= 4 is 11.8 Å². The lowest BCUT2D eigenvalue weighted by Gasteiger charge is -2.56. The van der Waals surface area contributed by atoms with Gasteiger partial charge in [0.2, 0.25) is 0 Å². The van der Waals surface area contributed by atoms with Crippen molar-refractivity contribution in [2.75, 3.05) is 19.6 Å². The van der Waals surface area contributed by atoms with Gasteiger partial charge in [0.15, 0.2) is 0 Å². The molecule has 4 aliphatic carbocycles. The fraction of sp³-hybridized carbons (Fsp3) is 0.846. The van der Waals surface area contributed by atoms with Gasteiger partial charge in [-0.15, -0.1) is 0 Å². The van der Waals surface area contributed by atoms with Gasteiger partial charge in [0.05, 0.1) is 26.1 Å². The summed E-state index contributed by atoms with van der Waals surface area (Å²) in [5.41, 5.74) is 1.75. The Morgan fingerprint density at radius 1 is 1.10 bits per heavy atom. The maximum absolute atomic E-state index is 12.6. The monoisotopic (exact) mass is 449 g/mol. The van der Waals surface area contributed by atoms with Crippen LogP contribution in [0.1, 0.15) is 84.5 Å². The molecule has 0 aromatic rings. The molecule has 5 rings (SSSR count). The summed E-state index contributed by atoms with van der Waals surface area (Å²) in [7, 11) is 0. The summed E-state index contributed by atoms with van der Waals surface area (Å²) in [6, 6.07) is 0. The van der Waals surface area contributed by atoms with E-state index >= 15 is 0 Å². The van der Waals surface area contributed by atoms with Crippen LogP contribution in [0.25, 0.3) is 0 Å². The molecular formula is C26H40ClNO3. The van der Waals surface area contributed by atoms with Gasteiger partial charge in [-0.3, -0.25) is 9.59 Å². The molecule has 1 saturated heterocycles. The molecule has 6 unspecified atom stereocenters. The van der Waals surface area contributed by atoms with E-state index in [1.54, 1.807) is 10.5 Å². The number of ketones is 1. The van der Waals surface area contributed by atoms with E-state index in [0.29, 0.717) is 30.0 Å². The number of hydrogen-bond acceptors (Lipinski definition) is 3. The Morgan fingerprint density at radius 2 is 1.81 bits per heavy atom. The molecule has 31 heavy (non-hydrogen) atoms. The van der Waals surface area contributed by atoms with Crippen molar-refractivity contribution in [3.8, 4) is 0 Å². The van der Waals surface area contributed by atoms with Crippen molar-refractivity contribution in [2.24, 2.45) is 28.6 Å². The molecule has 4 nitrogen and oxygen atoms in total. The van der Waals surface area contributed by atoms with Crippen LogP contribution in [0, 0.1) is 28.6 Å². The van der Waals surface area contributed by atoms with Crippen LogP contribution in [0.15, 0.2) is 11.6 Å². The molecule has 3 saturated carbocycles. The number of carbonyl (C=O) groups is 2. The Bertz CT molecular complexity index is 745. The number of allylic oxidation sites excluding steroid dienone is 1. The molecule has 174 valence electrons. The molecular weight excluding hydrogens is 410 g/mol. The van der Waals surface area contributed by atoms with E-state index in [1.165, 1.54) is 32.4 Å². The molecule has 1 N–H and O–H groups in total. The van der Waals surface area contributed by atoms with Crippen molar-refractivity contribution in [3.63, 3.8) is 0 Å². The number of nitrogens with one attached hydrogen (secondary N) is 1. The van der Waals surface area contributed by atoms with E-state index in [0.717, 1.165) is 51.5 Å². The minimum atomic E-state index is -0.0487. The summed E-state index contributed by atoms with van der Waals surface area (Å²) in [6.07, 6.45) is 14.1. The zero-order chi connectivity index (χ0) is 20.9. The molecule has 0 amide bonds. The average Bonchev–Trinajstić information content (AvgIpc) is 3.35. The van der Waals surface area contributed by atoms with E-state index < -0.39 is 0 Å². The highest BCUT2D eigenvalue weighted by Crippen LogP contribution is 2.64.